The van der Waals surface area contributed by atoms with E-state index in [-0.39, 0.29) is 11.4 Å². The molecule has 18 heavy (non-hydrogen) atoms. The summed E-state index contributed by atoms with van der Waals surface area (Å²) in [5.41, 5.74) is 1.16. The van der Waals surface area contributed by atoms with E-state index in [1.807, 2.05) is 0 Å². The maximum atomic E-state index is 10.8. The van der Waals surface area contributed by atoms with E-state index < -0.39 is 21.1 Å². The minimum Gasteiger partial charge on any atom is -0.274 e. The Morgan fingerprint density at radius 1 is 1.22 bits per heavy atom. The molecule has 1 aromatic carbocycles. The van der Waals surface area contributed by atoms with Gasteiger partial charge in [0.25, 0.3) is 16.2 Å². The SMILES string of the molecule is O=C(Cl)C(=NNc1ccccc1[N+](=O)[O-])C(=O)Cl. The number of halogens is 2. The van der Waals surface area contributed by atoms with Gasteiger partial charge < -0.3 is 0 Å². The normalized spacial score (nSPS) is 9.44. The van der Waals surface area contributed by atoms with Crippen molar-refractivity contribution >= 4 is 50.8 Å². The van der Waals surface area contributed by atoms with E-state index in [1.165, 1.54) is 24.3 Å². The van der Waals surface area contributed by atoms with Gasteiger partial charge in [0.05, 0.1) is 4.92 Å². The van der Waals surface area contributed by atoms with E-state index in [4.69, 9.17) is 23.2 Å². The van der Waals surface area contributed by atoms with Crippen LogP contribution in [0.1, 0.15) is 0 Å². The molecule has 0 saturated carbocycles. The summed E-state index contributed by atoms with van der Waals surface area (Å²) in [4.78, 5) is 31.6. The highest BCUT2D eigenvalue weighted by molar-refractivity contribution is 7.01. The van der Waals surface area contributed by atoms with Crippen LogP contribution in [0, 0.1) is 10.1 Å². The molecule has 0 aliphatic rings. The highest BCUT2D eigenvalue weighted by Crippen LogP contribution is 2.23. The van der Waals surface area contributed by atoms with Gasteiger partial charge in [0.2, 0.25) is 5.71 Å². The smallest absolute Gasteiger partial charge is 0.274 e. The van der Waals surface area contributed by atoms with E-state index in [0.717, 1.165) is 0 Å². The fraction of sp³-hybridized carbons (Fsp3) is 0. The number of carbonyl (C=O) groups is 2. The molecule has 0 saturated heterocycles. The lowest BCUT2D eigenvalue weighted by atomic mass is 10.3. The highest BCUT2D eigenvalue weighted by Gasteiger charge is 2.17. The molecule has 0 bridgehead atoms. The number of benzene rings is 1. The second-order valence-corrected chi connectivity index (χ2v) is 3.58. The van der Waals surface area contributed by atoms with Crippen LogP contribution in [-0.2, 0) is 9.59 Å². The van der Waals surface area contributed by atoms with E-state index in [2.05, 4.69) is 10.5 Å². The number of rotatable bonds is 5. The summed E-state index contributed by atoms with van der Waals surface area (Å²) in [6, 6.07) is 5.53. The fourth-order valence-corrected chi connectivity index (χ4v) is 1.31. The summed E-state index contributed by atoms with van der Waals surface area (Å²) in [6.45, 7) is 0. The van der Waals surface area contributed by atoms with E-state index in [1.54, 1.807) is 0 Å². The number of hydrazone groups is 1. The molecule has 0 heterocycles. The number of nitrogens with zero attached hydrogens (tertiary/aromatic N) is 2. The van der Waals surface area contributed by atoms with Crippen molar-refractivity contribution in [3.05, 3.63) is 34.4 Å². The molecule has 1 rings (SSSR count). The standard InChI is InChI=1S/C9H5Cl2N3O4/c10-8(15)7(9(11)16)13-12-5-3-1-2-4-6(5)14(17)18/h1-4,12H. The van der Waals surface area contributed by atoms with Crippen LogP contribution in [0.5, 0.6) is 0 Å². The number of anilines is 1. The third-order valence-electron chi connectivity index (χ3n) is 1.76. The molecule has 9 heteroatoms. The zero-order chi connectivity index (χ0) is 13.7. The Morgan fingerprint density at radius 2 is 1.78 bits per heavy atom. The molecule has 0 fully saturated rings. The maximum Gasteiger partial charge on any atom is 0.294 e. The van der Waals surface area contributed by atoms with Crippen molar-refractivity contribution in [1.29, 1.82) is 0 Å². The predicted octanol–water partition coefficient (Wildman–Crippen LogP) is 1.89. The van der Waals surface area contributed by atoms with Crippen molar-refractivity contribution in [2.24, 2.45) is 5.10 Å². The lowest BCUT2D eigenvalue weighted by molar-refractivity contribution is -0.384. The largest absolute Gasteiger partial charge is 0.294 e. The van der Waals surface area contributed by atoms with Gasteiger partial charge in [-0.2, -0.15) is 5.10 Å². The topological polar surface area (TPSA) is 102 Å². The maximum absolute atomic E-state index is 10.8. The van der Waals surface area contributed by atoms with Crippen LogP contribution >= 0.6 is 23.2 Å². The van der Waals surface area contributed by atoms with Crippen LogP contribution in [-0.4, -0.2) is 21.1 Å². The van der Waals surface area contributed by atoms with Crippen LogP contribution < -0.4 is 5.43 Å². The number of para-hydroxylation sites is 2. The second kappa shape index (κ2) is 6.08. The number of carbonyl (C=O) groups excluding carboxylic acids is 2. The number of nitro groups is 1. The number of nitrogens with one attached hydrogen (secondary N) is 1. The van der Waals surface area contributed by atoms with Crippen molar-refractivity contribution in [3.63, 3.8) is 0 Å². The Balaban J connectivity index is 3.05. The number of nitro benzene ring substituents is 1. The van der Waals surface area contributed by atoms with Crippen molar-refractivity contribution in [3.8, 4) is 0 Å². The molecule has 0 atom stereocenters. The minimum atomic E-state index is -1.17. The molecule has 0 spiro atoms. The van der Waals surface area contributed by atoms with Crippen LogP contribution in [0.25, 0.3) is 0 Å². The second-order valence-electron chi connectivity index (χ2n) is 2.89. The Morgan fingerprint density at radius 3 is 2.28 bits per heavy atom. The molecular formula is C9H5Cl2N3O4. The average molecular weight is 290 g/mol. The molecular weight excluding hydrogens is 285 g/mol. The molecule has 1 aromatic rings. The Labute approximate surface area is 111 Å². The van der Waals surface area contributed by atoms with Crippen LogP contribution in [0.4, 0.5) is 11.4 Å². The Kier molecular flexibility index (Phi) is 4.75. The van der Waals surface area contributed by atoms with Crippen molar-refractivity contribution < 1.29 is 14.5 Å². The fourth-order valence-electron chi connectivity index (χ4n) is 1.01. The summed E-state index contributed by atoms with van der Waals surface area (Å²) in [7, 11) is 0. The van der Waals surface area contributed by atoms with Gasteiger partial charge in [0, 0.05) is 6.07 Å². The van der Waals surface area contributed by atoms with Gasteiger partial charge in [-0.05, 0) is 29.3 Å². The van der Waals surface area contributed by atoms with Crippen LogP contribution in [0.15, 0.2) is 29.4 Å². The van der Waals surface area contributed by atoms with Crippen LogP contribution in [0.2, 0.25) is 0 Å². The van der Waals surface area contributed by atoms with Crippen molar-refractivity contribution in [2.75, 3.05) is 5.43 Å². The molecule has 7 nitrogen and oxygen atoms in total. The van der Waals surface area contributed by atoms with Gasteiger partial charge in [-0.25, -0.2) is 0 Å². The highest BCUT2D eigenvalue weighted by atomic mass is 35.5. The van der Waals surface area contributed by atoms with E-state index in [9.17, 15) is 19.7 Å². The summed E-state index contributed by atoms with van der Waals surface area (Å²) >= 11 is 10.1. The summed E-state index contributed by atoms with van der Waals surface area (Å²) in [6.07, 6.45) is 0. The molecule has 1 N–H and O–H groups in total. The third-order valence-corrected chi connectivity index (χ3v) is 2.12. The molecule has 0 aliphatic heterocycles. The number of hydrogen-bond donors (Lipinski definition) is 1. The first-order valence-corrected chi connectivity index (χ1v) is 5.16. The van der Waals surface area contributed by atoms with Gasteiger partial charge in [-0.1, -0.05) is 12.1 Å². The Bertz CT molecular complexity index is 528. The lowest BCUT2D eigenvalue weighted by Gasteiger charge is -2.01. The summed E-state index contributed by atoms with van der Waals surface area (Å²) in [5.74, 6) is 0. The molecule has 0 aromatic heterocycles. The quantitative estimate of drug-likeness (QED) is 0.293. The Hall–Kier alpha value is -1.99. The predicted molar refractivity (Wildman–Crippen MR) is 65.9 cm³/mol. The van der Waals surface area contributed by atoms with Crippen molar-refractivity contribution in [2.45, 2.75) is 0 Å². The van der Waals surface area contributed by atoms with Gasteiger partial charge in [-0.3, -0.25) is 25.1 Å². The van der Waals surface area contributed by atoms with Gasteiger partial charge >= 0.3 is 0 Å². The van der Waals surface area contributed by atoms with Gasteiger partial charge in [0.15, 0.2) is 0 Å². The summed E-state index contributed by atoms with van der Waals surface area (Å²) < 4.78 is 0. The van der Waals surface area contributed by atoms with E-state index >= 15 is 0 Å². The zero-order valence-corrected chi connectivity index (χ0v) is 10.1. The monoisotopic (exact) mass is 289 g/mol. The first kappa shape index (κ1) is 14.1. The molecule has 0 radical (unpaired) electrons. The molecule has 0 aliphatic carbocycles. The zero-order valence-electron chi connectivity index (χ0n) is 8.59. The molecule has 0 unspecified atom stereocenters. The molecule has 94 valence electrons. The summed E-state index contributed by atoms with van der Waals surface area (Å²) in [5, 5.41) is 11.7. The first-order valence-electron chi connectivity index (χ1n) is 4.40. The lowest BCUT2D eigenvalue weighted by Crippen LogP contribution is -2.17. The molecule has 0 amide bonds. The van der Waals surface area contributed by atoms with Crippen LogP contribution in [0.3, 0.4) is 0 Å². The van der Waals surface area contributed by atoms with Gasteiger partial charge in [0.1, 0.15) is 5.69 Å². The minimum absolute atomic E-state index is 0.00386. The third kappa shape index (κ3) is 3.51. The van der Waals surface area contributed by atoms with Gasteiger partial charge in [-0.15, -0.1) is 0 Å². The van der Waals surface area contributed by atoms with Crippen molar-refractivity contribution in [1.82, 2.24) is 0 Å². The first-order chi connectivity index (χ1) is 8.43. The number of hydrogen-bond acceptors (Lipinski definition) is 6. The average Bonchev–Trinajstić information content (AvgIpc) is 2.28. The van der Waals surface area contributed by atoms with E-state index in [0.29, 0.717) is 0 Å².